The van der Waals surface area contributed by atoms with Crippen molar-refractivity contribution in [1.29, 1.82) is 0 Å². The van der Waals surface area contributed by atoms with Gasteiger partial charge < -0.3 is 4.74 Å². The van der Waals surface area contributed by atoms with Crippen molar-refractivity contribution in [2.24, 2.45) is 0 Å². The van der Waals surface area contributed by atoms with E-state index in [9.17, 15) is 13.2 Å². The maximum absolute atomic E-state index is 12.4. The summed E-state index contributed by atoms with van der Waals surface area (Å²) >= 11 is 5.81. The summed E-state index contributed by atoms with van der Waals surface area (Å²) in [5.74, 6) is -0.537. The zero-order chi connectivity index (χ0) is 19.3. The first-order valence-corrected chi connectivity index (χ1v) is 9.90. The maximum Gasteiger partial charge on any atom is 0.338 e. The number of nitrogens with one attached hydrogen (secondary N) is 1. The van der Waals surface area contributed by atoms with Gasteiger partial charge in [-0.05, 0) is 54.1 Å². The van der Waals surface area contributed by atoms with Crippen LogP contribution in [0.25, 0.3) is 0 Å². The number of carbonyl (C=O) groups excluding carboxylic acids is 1. The lowest BCUT2D eigenvalue weighted by atomic mass is 10.2. The summed E-state index contributed by atoms with van der Waals surface area (Å²) in [7, 11) is -3.73. The zero-order valence-corrected chi connectivity index (χ0v) is 15.7. The number of rotatable bonds is 6. The number of esters is 1. The van der Waals surface area contributed by atoms with Gasteiger partial charge in [-0.1, -0.05) is 41.9 Å². The second-order valence-electron chi connectivity index (χ2n) is 5.70. The van der Waals surface area contributed by atoms with Crippen molar-refractivity contribution in [3.8, 4) is 0 Å². The van der Waals surface area contributed by atoms with Crippen molar-refractivity contribution in [3.05, 3.63) is 95.0 Å². The van der Waals surface area contributed by atoms with Gasteiger partial charge in [-0.3, -0.25) is 4.72 Å². The van der Waals surface area contributed by atoms with Gasteiger partial charge in [0.05, 0.1) is 10.5 Å². The fourth-order valence-electron chi connectivity index (χ4n) is 2.30. The van der Waals surface area contributed by atoms with E-state index in [-0.39, 0.29) is 17.1 Å². The van der Waals surface area contributed by atoms with Crippen LogP contribution in [0.15, 0.2) is 83.8 Å². The quantitative estimate of drug-likeness (QED) is 0.617. The molecule has 3 aromatic carbocycles. The van der Waals surface area contributed by atoms with E-state index in [4.69, 9.17) is 16.3 Å². The third kappa shape index (κ3) is 5.09. The van der Waals surface area contributed by atoms with Gasteiger partial charge in [0.2, 0.25) is 0 Å². The molecule has 0 saturated heterocycles. The number of carbonyl (C=O) groups is 1. The van der Waals surface area contributed by atoms with Gasteiger partial charge in [-0.15, -0.1) is 0 Å². The Hall–Kier alpha value is -2.83. The Balaban J connectivity index is 1.65. The van der Waals surface area contributed by atoms with Gasteiger partial charge >= 0.3 is 5.97 Å². The molecule has 1 N–H and O–H groups in total. The minimum Gasteiger partial charge on any atom is -0.457 e. The highest BCUT2D eigenvalue weighted by Gasteiger charge is 2.15. The molecular weight excluding hydrogens is 386 g/mol. The molecule has 0 fully saturated rings. The molecule has 7 heteroatoms. The molecule has 27 heavy (non-hydrogen) atoms. The average Bonchev–Trinajstić information content (AvgIpc) is 2.68. The summed E-state index contributed by atoms with van der Waals surface area (Å²) in [5, 5.41) is 0.603. The van der Waals surface area contributed by atoms with Crippen LogP contribution in [0.4, 0.5) is 5.69 Å². The van der Waals surface area contributed by atoms with Gasteiger partial charge in [-0.2, -0.15) is 0 Å². The van der Waals surface area contributed by atoms with Crippen LogP contribution >= 0.6 is 11.6 Å². The van der Waals surface area contributed by atoms with E-state index in [1.54, 1.807) is 54.6 Å². The molecule has 0 amide bonds. The molecule has 0 bridgehead atoms. The van der Waals surface area contributed by atoms with E-state index in [2.05, 4.69) is 4.72 Å². The largest absolute Gasteiger partial charge is 0.457 e. The van der Waals surface area contributed by atoms with Crippen LogP contribution in [0.2, 0.25) is 5.02 Å². The first kappa shape index (κ1) is 18.9. The van der Waals surface area contributed by atoms with E-state index in [0.717, 1.165) is 5.56 Å². The van der Waals surface area contributed by atoms with Crippen LogP contribution < -0.4 is 4.72 Å². The Morgan fingerprint density at radius 3 is 2.15 bits per heavy atom. The lowest BCUT2D eigenvalue weighted by Crippen LogP contribution is -2.13. The van der Waals surface area contributed by atoms with Crippen LogP contribution in [0, 0.1) is 0 Å². The van der Waals surface area contributed by atoms with E-state index >= 15 is 0 Å². The van der Waals surface area contributed by atoms with Crippen LogP contribution in [0.5, 0.6) is 0 Å². The van der Waals surface area contributed by atoms with Crippen molar-refractivity contribution >= 4 is 33.3 Å². The molecule has 0 radical (unpaired) electrons. The van der Waals surface area contributed by atoms with E-state index in [1.165, 1.54) is 24.3 Å². The Morgan fingerprint density at radius 2 is 1.52 bits per heavy atom. The van der Waals surface area contributed by atoms with Gasteiger partial charge in [0.25, 0.3) is 10.0 Å². The summed E-state index contributed by atoms with van der Waals surface area (Å²) in [6, 6.07) is 21.1. The van der Waals surface area contributed by atoms with Gasteiger partial charge in [0.15, 0.2) is 0 Å². The molecule has 5 nitrogen and oxygen atoms in total. The molecule has 0 heterocycles. The van der Waals surface area contributed by atoms with Crippen molar-refractivity contribution in [2.75, 3.05) is 4.72 Å². The highest BCUT2D eigenvalue weighted by Crippen LogP contribution is 2.17. The highest BCUT2D eigenvalue weighted by molar-refractivity contribution is 7.92. The summed E-state index contributed by atoms with van der Waals surface area (Å²) in [5.41, 5.74) is 1.53. The predicted molar refractivity (Wildman–Crippen MR) is 104 cm³/mol. The van der Waals surface area contributed by atoms with Crippen LogP contribution in [0.1, 0.15) is 15.9 Å². The smallest absolute Gasteiger partial charge is 0.338 e. The number of ether oxygens (including phenoxy) is 1. The average molecular weight is 402 g/mol. The first-order chi connectivity index (χ1) is 12.9. The molecular formula is C20H16ClNO4S. The van der Waals surface area contributed by atoms with Crippen molar-refractivity contribution in [1.82, 2.24) is 0 Å². The van der Waals surface area contributed by atoms with Crippen molar-refractivity contribution < 1.29 is 17.9 Å². The number of hydrogen-bond acceptors (Lipinski definition) is 4. The fraction of sp³-hybridized carbons (Fsp3) is 0.0500. The minimum atomic E-state index is -3.73. The lowest BCUT2D eigenvalue weighted by Gasteiger charge is -2.09. The normalized spacial score (nSPS) is 11.0. The molecule has 0 aliphatic carbocycles. The Bertz CT molecular complexity index is 1020. The molecule has 0 aromatic heterocycles. The van der Waals surface area contributed by atoms with Gasteiger partial charge in [0, 0.05) is 10.7 Å². The molecule has 0 aliphatic rings. The Labute approximate surface area is 162 Å². The second kappa shape index (κ2) is 8.24. The Morgan fingerprint density at radius 1 is 0.889 bits per heavy atom. The fourth-order valence-corrected chi connectivity index (χ4v) is 3.49. The number of anilines is 1. The minimum absolute atomic E-state index is 0.0561. The van der Waals surface area contributed by atoms with Crippen LogP contribution in [-0.2, 0) is 21.4 Å². The van der Waals surface area contributed by atoms with Crippen molar-refractivity contribution in [3.63, 3.8) is 0 Å². The van der Waals surface area contributed by atoms with Crippen molar-refractivity contribution in [2.45, 2.75) is 11.5 Å². The number of hydrogen-bond donors (Lipinski definition) is 1. The van der Waals surface area contributed by atoms with Gasteiger partial charge in [-0.25, -0.2) is 13.2 Å². The zero-order valence-electron chi connectivity index (χ0n) is 14.1. The monoisotopic (exact) mass is 401 g/mol. The topological polar surface area (TPSA) is 72.5 Å². The summed E-state index contributed by atoms with van der Waals surface area (Å²) < 4.78 is 32.5. The number of sulfonamides is 1. The molecule has 3 aromatic rings. The maximum atomic E-state index is 12.4. The highest BCUT2D eigenvalue weighted by atomic mass is 35.5. The summed E-state index contributed by atoms with van der Waals surface area (Å²) in [6.07, 6.45) is 0. The third-order valence-corrected chi connectivity index (χ3v) is 5.36. The molecule has 3 rings (SSSR count). The standard InChI is InChI=1S/C20H16ClNO4S/c21-17-10-6-15(7-11-17)14-26-20(23)16-8-12-19(13-9-16)27(24,25)22-18-4-2-1-3-5-18/h1-13,22H,14H2. The summed E-state index contributed by atoms with van der Waals surface area (Å²) in [6.45, 7) is 0.103. The van der Waals surface area contributed by atoms with Gasteiger partial charge in [0.1, 0.15) is 6.61 Å². The number of benzene rings is 3. The predicted octanol–water partition coefficient (Wildman–Crippen LogP) is 4.50. The molecule has 0 spiro atoms. The number of halogens is 1. The Kier molecular flexibility index (Phi) is 5.78. The lowest BCUT2D eigenvalue weighted by molar-refractivity contribution is 0.0472. The summed E-state index contributed by atoms with van der Waals surface area (Å²) in [4.78, 5) is 12.2. The first-order valence-electron chi connectivity index (χ1n) is 8.03. The van der Waals surface area contributed by atoms with E-state index in [0.29, 0.717) is 10.7 Å². The number of para-hydroxylation sites is 1. The van der Waals surface area contributed by atoms with E-state index in [1.807, 2.05) is 0 Å². The second-order valence-corrected chi connectivity index (χ2v) is 7.82. The molecule has 0 aliphatic heterocycles. The van der Waals surface area contributed by atoms with E-state index < -0.39 is 16.0 Å². The SMILES string of the molecule is O=C(OCc1ccc(Cl)cc1)c1ccc(S(=O)(=O)Nc2ccccc2)cc1. The molecule has 138 valence electrons. The molecule has 0 unspecified atom stereocenters. The molecule has 0 saturated carbocycles. The third-order valence-electron chi connectivity index (χ3n) is 3.71. The van der Waals surface area contributed by atoms with Crippen LogP contribution in [0.3, 0.4) is 0 Å². The molecule has 0 atom stereocenters. The van der Waals surface area contributed by atoms with Crippen LogP contribution in [-0.4, -0.2) is 14.4 Å².